The van der Waals surface area contributed by atoms with Crippen molar-refractivity contribution in [3.63, 3.8) is 0 Å². The minimum Gasteiger partial charge on any atom is -0.493 e. The van der Waals surface area contributed by atoms with Crippen LogP contribution < -0.4 is 15.2 Å². The van der Waals surface area contributed by atoms with Crippen molar-refractivity contribution in [2.75, 3.05) is 40.9 Å². The number of carboxylic acid groups (broad SMARTS) is 1. The number of ketones is 1. The van der Waals surface area contributed by atoms with E-state index in [0.29, 0.717) is 29.1 Å². The second-order valence-electron chi connectivity index (χ2n) is 8.08. The van der Waals surface area contributed by atoms with Crippen LogP contribution in [0.25, 0.3) is 0 Å². The Bertz CT molecular complexity index is 627. The van der Waals surface area contributed by atoms with Crippen LogP contribution in [0.2, 0.25) is 0 Å². The minimum atomic E-state index is -1.26. The Balaban J connectivity index is 2.63. The lowest BCUT2D eigenvalue weighted by atomic mass is 9.94. The zero-order chi connectivity index (χ0) is 21.2. The Hall–Kier alpha value is -2.12. The molecule has 7 nitrogen and oxygen atoms in total. The van der Waals surface area contributed by atoms with Crippen LogP contribution in [0, 0.1) is 5.92 Å². The molecular formula is C21H35N2O5+. The van der Waals surface area contributed by atoms with Gasteiger partial charge in [-0.1, -0.05) is 32.3 Å². The molecule has 0 saturated carbocycles. The number of aliphatic carboxylic acids is 1. The summed E-state index contributed by atoms with van der Waals surface area (Å²) >= 11 is 0. The maximum Gasteiger partial charge on any atom is 0.321 e. The lowest BCUT2D eigenvalue weighted by molar-refractivity contribution is -0.872. The predicted molar refractivity (Wildman–Crippen MR) is 109 cm³/mol. The molecule has 2 atom stereocenters. The maximum absolute atomic E-state index is 12.6. The zero-order valence-corrected chi connectivity index (χ0v) is 17.5. The van der Waals surface area contributed by atoms with Crippen LogP contribution in [-0.4, -0.2) is 68.3 Å². The number of rotatable bonds is 14. The molecule has 158 valence electrons. The molecule has 0 fully saturated rings. The fourth-order valence-electron chi connectivity index (χ4n) is 2.81. The summed E-state index contributed by atoms with van der Waals surface area (Å²) in [4.78, 5) is 23.9. The first-order valence-electron chi connectivity index (χ1n) is 9.81. The molecule has 1 aromatic rings. The minimum absolute atomic E-state index is 0.231. The third kappa shape index (κ3) is 9.19. The van der Waals surface area contributed by atoms with Crippen LogP contribution in [0.15, 0.2) is 24.3 Å². The number of quaternary nitrogens is 1. The van der Waals surface area contributed by atoms with Crippen LogP contribution >= 0.6 is 0 Å². The number of hydrogen-bond acceptors (Lipinski definition) is 5. The Morgan fingerprint density at radius 2 is 1.75 bits per heavy atom. The van der Waals surface area contributed by atoms with Crippen LogP contribution in [0.4, 0.5) is 0 Å². The number of carbonyl (C=O) groups is 2. The summed E-state index contributed by atoms with van der Waals surface area (Å²) in [6.45, 7) is 2.89. The highest BCUT2D eigenvalue weighted by molar-refractivity contribution is 5.89. The standard InChI is InChI=1S/C21H34N2O5/c1-5-6-7-8-12-27-16-10-9-11-17(13-16)28-15-19(24)18(14-23(2,3)4)20(22)21(25)26/h9-11,13,18,20H,5-8,12,14-15,22H2,1-4H3/p+1/t18?,20-/m1/s1. The van der Waals surface area contributed by atoms with Crippen molar-refractivity contribution in [1.29, 1.82) is 0 Å². The van der Waals surface area contributed by atoms with Crippen LogP contribution in [-0.2, 0) is 9.59 Å². The van der Waals surface area contributed by atoms with E-state index in [1.807, 2.05) is 27.2 Å². The van der Waals surface area contributed by atoms with Gasteiger partial charge in [-0.15, -0.1) is 0 Å². The van der Waals surface area contributed by atoms with Crippen molar-refractivity contribution in [3.05, 3.63) is 24.3 Å². The highest BCUT2D eigenvalue weighted by Crippen LogP contribution is 2.20. The Morgan fingerprint density at radius 3 is 2.32 bits per heavy atom. The molecule has 1 rings (SSSR count). The molecule has 0 bridgehead atoms. The first-order chi connectivity index (χ1) is 13.1. The van der Waals surface area contributed by atoms with Crippen molar-refractivity contribution < 1.29 is 28.7 Å². The fraction of sp³-hybridized carbons (Fsp3) is 0.619. The van der Waals surface area contributed by atoms with E-state index in [4.69, 9.17) is 15.2 Å². The van der Waals surface area contributed by atoms with Crippen LogP contribution in [0.5, 0.6) is 11.5 Å². The van der Waals surface area contributed by atoms with Crippen LogP contribution in [0.3, 0.4) is 0 Å². The summed E-state index contributed by atoms with van der Waals surface area (Å²) in [5, 5.41) is 9.21. The van der Waals surface area contributed by atoms with Gasteiger partial charge in [-0.05, 0) is 18.6 Å². The fourth-order valence-corrected chi connectivity index (χ4v) is 2.81. The van der Waals surface area contributed by atoms with Gasteiger partial charge >= 0.3 is 5.97 Å². The molecule has 0 amide bonds. The summed E-state index contributed by atoms with van der Waals surface area (Å²) in [7, 11) is 5.66. The van der Waals surface area contributed by atoms with Gasteiger partial charge in [0.15, 0.2) is 5.78 Å². The third-order valence-electron chi connectivity index (χ3n) is 4.33. The number of nitrogens with zero attached hydrogens (tertiary/aromatic N) is 1. The smallest absolute Gasteiger partial charge is 0.321 e. The molecule has 0 saturated heterocycles. The topological polar surface area (TPSA) is 98.9 Å². The number of ether oxygens (including phenoxy) is 2. The van der Waals surface area contributed by atoms with E-state index in [1.165, 1.54) is 12.8 Å². The normalized spacial score (nSPS) is 13.6. The van der Waals surface area contributed by atoms with Gasteiger partial charge in [0.25, 0.3) is 0 Å². The van der Waals surface area contributed by atoms with E-state index in [2.05, 4.69) is 6.92 Å². The SMILES string of the molecule is CCCCCCOc1cccc(OCC(=O)C(C[N+](C)(C)C)[C@@H](N)C(=O)O)c1. The highest BCUT2D eigenvalue weighted by Gasteiger charge is 2.35. The van der Waals surface area contributed by atoms with E-state index in [-0.39, 0.29) is 12.4 Å². The molecule has 0 spiro atoms. The van der Waals surface area contributed by atoms with Gasteiger partial charge < -0.3 is 24.8 Å². The second kappa shape index (κ2) is 11.7. The van der Waals surface area contributed by atoms with Gasteiger partial charge in [-0.2, -0.15) is 0 Å². The Morgan fingerprint density at radius 1 is 1.11 bits per heavy atom. The summed E-state index contributed by atoms with van der Waals surface area (Å²) in [5.74, 6) is -1.14. The lowest BCUT2D eigenvalue weighted by Crippen LogP contribution is -2.52. The van der Waals surface area contributed by atoms with E-state index < -0.39 is 17.9 Å². The number of carbonyl (C=O) groups excluding carboxylic acids is 1. The maximum atomic E-state index is 12.6. The summed E-state index contributed by atoms with van der Waals surface area (Å²) in [6, 6.07) is 5.86. The average Bonchev–Trinajstić information content (AvgIpc) is 2.63. The first kappa shape index (κ1) is 23.9. The predicted octanol–water partition coefficient (Wildman–Crippen LogP) is 2.33. The van der Waals surface area contributed by atoms with Gasteiger partial charge in [0, 0.05) is 6.07 Å². The molecule has 0 heterocycles. The summed E-state index contributed by atoms with van der Waals surface area (Å²) in [6.07, 6.45) is 4.51. The van der Waals surface area contributed by atoms with Crippen molar-refractivity contribution in [2.45, 2.75) is 38.6 Å². The van der Waals surface area contributed by atoms with E-state index in [0.717, 1.165) is 12.8 Å². The van der Waals surface area contributed by atoms with Crippen LogP contribution in [0.1, 0.15) is 32.6 Å². The van der Waals surface area contributed by atoms with E-state index in [1.54, 1.807) is 18.2 Å². The van der Waals surface area contributed by atoms with E-state index >= 15 is 0 Å². The number of Topliss-reactive ketones (excluding diaryl/α,β-unsaturated/α-hetero) is 1. The molecule has 28 heavy (non-hydrogen) atoms. The van der Waals surface area contributed by atoms with Crippen molar-refractivity contribution >= 4 is 11.8 Å². The van der Waals surface area contributed by atoms with Crippen molar-refractivity contribution in [1.82, 2.24) is 0 Å². The number of hydrogen-bond donors (Lipinski definition) is 2. The molecule has 0 aliphatic heterocycles. The second-order valence-corrected chi connectivity index (χ2v) is 8.08. The van der Waals surface area contributed by atoms with Crippen molar-refractivity contribution in [2.24, 2.45) is 11.7 Å². The van der Waals surface area contributed by atoms with Gasteiger partial charge in [-0.3, -0.25) is 9.59 Å². The molecule has 0 aromatic heterocycles. The largest absolute Gasteiger partial charge is 0.493 e. The third-order valence-corrected chi connectivity index (χ3v) is 4.33. The number of nitrogens with two attached hydrogens (primary N) is 1. The first-order valence-corrected chi connectivity index (χ1v) is 9.81. The summed E-state index contributed by atoms with van der Waals surface area (Å²) < 4.78 is 11.7. The molecule has 0 aliphatic rings. The molecule has 1 unspecified atom stereocenters. The monoisotopic (exact) mass is 395 g/mol. The van der Waals surface area contributed by atoms with Gasteiger partial charge in [0.05, 0.1) is 40.2 Å². The van der Waals surface area contributed by atoms with Crippen molar-refractivity contribution in [3.8, 4) is 11.5 Å². The number of benzene rings is 1. The van der Waals surface area contributed by atoms with Gasteiger partial charge in [0.2, 0.25) is 0 Å². The average molecular weight is 396 g/mol. The van der Waals surface area contributed by atoms with E-state index in [9.17, 15) is 14.7 Å². The Labute approximate surface area is 168 Å². The number of unbranched alkanes of at least 4 members (excludes halogenated alkanes) is 3. The highest BCUT2D eigenvalue weighted by atomic mass is 16.5. The quantitative estimate of drug-likeness (QED) is 0.370. The zero-order valence-electron chi connectivity index (χ0n) is 17.5. The summed E-state index contributed by atoms with van der Waals surface area (Å²) in [5.41, 5.74) is 5.75. The molecule has 7 heteroatoms. The number of carboxylic acids is 1. The molecular weight excluding hydrogens is 360 g/mol. The molecule has 0 aliphatic carbocycles. The lowest BCUT2D eigenvalue weighted by Gasteiger charge is -2.30. The van der Waals surface area contributed by atoms with Gasteiger partial charge in [0.1, 0.15) is 24.1 Å². The molecule has 1 aromatic carbocycles. The Kier molecular flexibility index (Phi) is 9.96. The molecule has 0 radical (unpaired) electrons. The van der Waals surface area contributed by atoms with Gasteiger partial charge in [-0.25, -0.2) is 0 Å². The molecule has 3 N–H and O–H groups in total.